The molecule has 0 bridgehead atoms. The number of carboxylic acid groups (broad SMARTS) is 1. The summed E-state index contributed by atoms with van der Waals surface area (Å²) >= 11 is 2.20. The minimum Gasteiger partial charge on any atom is -0.498 e. The lowest BCUT2D eigenvalue weighted by Crippen LogP contribution is -2.76. The van der Waals surface area contributed by atoms with Crippen molar-refractivity contribution in [2.75, 3.05) is 14.2 Å². The van der Waals surface area contributed by atoms with E-state index in [0.29, 0.717) is 6.42 Å². The first kappa shape index (κ1) is 22.9. The van der Waals surface area contributed by atoms with Crippen LogP contribution in [0.5, 0.6) is 5.75 Å². The first-order chi connectivity index (χ1) is 12.7. The van der Waals surface area contributed by atoms with Crippen LogP contribution in [-0.2, 0) is 11.2 Å². The first-order valence-corrected chi connectivity index (χ1v) is 10.5. The maximum absolute atomic E-state index is 13.4. The van der Waals surface area contributed by atoms with E-state index in [1.54, 1.807) is 19.1 Å². The van der Waals surface area contributed by atoms with E-state index >= 15 is 0 Å². The van der Waals surface area contributed by atoms with Gasteiger partial charge in [0, 0.05) is 22.5 Å². The number of methoxy groups -OCH3 is 1. The Kier molecular flexibility index (Phi) is 6.13. The molecule has 3 atom stereocenters. The molecular weight excluding hydrogens is 471 g/mol. The standard InChI is InChI=1S/C21H31IN2O4/c1-20(2,3)18-23(7)17(25)16(24(18,19(26)27)21(4,5)6)11-13-9-10-14(28-8)12-15(13)22/h9-10,12,16,18H,11H2,1-8H3. The van der Waals surface area contributed by atoms with Gasteiger partial charge in [-0.1, -0.05) is 26.8 Å². The Labute approximate surface area is 181 Å². The van der Waals surface area contributed by atoms with Crippen LogP contribution in [0.1, 0.15) is 47.1 Å². The summed E-state index contributed by atoms with van der Waals surface area (Å²) in [5, 5.41) is 12.8. The van der Waals surface area contributed by atoms with Gasteiger partial charge < -0.3 is 14.6 Å². The van der Waals surface area contributed by atoms with Gasteiger partial charge in [0.25, 0.3) is 12.0 Å². The summed E-state index contributed by atoms with van der Waals surface area (Å²) in [5.74, 6) is 0.567. The smallest absolute Gasteiger partial charge is 0.286 e. The number of carbonyl (C=O) groups is 2. The highest BCUT2D eigenvalue weighted by atomic mass is 127. The van der Waals surface area contributed by atoms with E-state index in [1.807, 2.05) is 59.7 Å². The predicted molar refractivity (Wildman–Crippen MR) is 115 cm³/mol. The highest BCUT2D eigenvalue weighted by Crippen LogP contribution is 2.47. The molecule has 1 aliphatic heterocycles. The van der Waals surface area contributed by atoms with E-state index < -0.39 is 33.7 Å². The quantitative estimate of drug-likeness (QED) is 0.471. The molecule has 1 aromatic carbocycles. The van der Waals surface area contributed by atoms with Gasteiger partial charge in [-0.05, 0) is 61.1 Å². The average Bonchev–Trinajstić information content (AvgIpc) is 2.78. The van der Waals surface area contributed by atoms with Gasteiger partial charge in [-0.2, -0.15) is 0 Å². The van der Waals surface area contributed by atoms with E-state index in [0.717, 1.165) is 14.9 Å². The fraction of sp³-hybridized carbons (Fsp3) is 0.619. The molecule has 28 heavy (non-hydrogen) atoms. The molecule has 1 saturated heterocycles. The molecule has 7 heteroatoms. The van der Waals surface area contributed by atoms with Gasteiger partial charge in [-0.15, -0.1) is 0 Å². The second-order valence-electron chi connectivity index (χ2n) is 9.58. The number of benzene rings is 1. The Morgan fingerprint density at radius 2 is 1.82 bits per heavy atom. The lowest BCUT2D eigenvalue weighted by molar-refractivity contribution is -0.958. The minimum atomic E-state index is -1.21. The van der Waals surface area contributed by atoms with E-state index in [-0.39, 0.29) is 5.91 Å². The number of ether oxygens (including phenoxy) is 1. The molecule has 0 saturated carbocycles. The summed E-state index contributed by atoms with van der Waals surface area (Å²) in [6.45, 7) is 11.5. The summed E-state index contributed by atoms with van der Waals surface area (Å²) in [5.41, 5.74) is -0.255. The maximum atomic E-state index is 13.4. The Balaban J connectivity index is 2.69. The van der Waals surface area contributed by atoms with Crippen LogP contribution in [0.15, 0.2) is 18.2 Å². The summed E-state index contributed by atoms with van der Waals surface area (Å²) in [6.07, 6.45) is -1.42. The Morgan fingerprint density at radius 3 is 2.21 bits per heavy atom. The molecule has 1 fully saturated rings. The molecule has 0 aliphatic carbocycles. The molecule has 2 rings (SSSR count). The summed E-state index contributed by atoms with van der Waals surface area (Å²) in [4.78, 5) is 27.7. The van der Waals surface area contributed by atoms with Crippen LogP contribution in [0, 0.1) is 8.99 Å². The third-order valence-electron chi connectivity index (χ3n) is 5.74. The molecular formula is C21H31IN2O4. The largest absolute Gasteiger partial charge is 0.498 e. The van der Waals surface area contributed by atoms with Crippen LogP contribution in [0.2, 0.25) is 0 Å². The van der Waals surface area contributed by atoms with Gasteiger partial charge in [0.2, 0.25) is 0 Å². The van der Waals surface area contributed by atoms with Gasteiger partial charge in [0.05, 0.1) is 12.6 Å². The molecule has 3 unspecified atom stereocenters. The molecule has 0 aromatic heterocycles. The van der Waals surface area contributed by atoms with E-state index in [4.69, 9.17) is 4.74 Å². The molecule has 1 aromatic rings. The number of hydrogen-bond acceptors (Lipinski definition) is 4. The third-order valence-corrected chi connectivity index (χ3v) is 6.74. The topological polar surface area (TPSA) is 69.7 Å². The number of carbonyl (C=O) groups excluding carboxylic acids is 2. The molecule has 1 aliphatic rings. The van der Waals surface area contributed by atoms with Crippen molar-refractivity contribution < 1.29 is 23.9 Å². The summed E-state index contributed by atoms with van der Waals surface area (Å²) in [7, 11) is 3.31. The Hall–Kier alpha value is -1.35. The van der Waals surface area contributed by atoms with Crippen molar-refractivity contribution in [1.29, 1.82) is 0 Å². The van der Waals surface area contributed by atoms with Gasteiger partial charge in [-0.3, -0.25) is 9.69 Å². The minimum absolute atomic E-state index is 0.161. The lowest BCUT2D eigenvalue weighted by atomic mass is 9.85. The van der Waals surface area contributed by atoms with Crippen molar-refractivity contribution in [2.45, 2.75) is 65.7 Å². The SMILES string of the molecule is COc1ccc(CC2C(=O)N(C)C(C(C)(C)C)[N+]2(C(=O)[O-])C(C)(C)C)c(I)c1. The second-order valence-corrected chi connectivity index (χ2v) is 10.7. The molecule has 0 N–H and O–H groups in total. The molecule has 2 amide bonds. The fourth-order valence-electron chi connectivity index (χ4n) is 4.76. The number of quaternary nitrogens is 1. The van der Waals surface area contributed by atoms with E-state index in [2.05, 4.69) is 22.6 Å². The summed E-state index contributed by atoms with van der Waals surface area (Å²) in [6, 6.07) is 4.88. The predicted octanol–water partition coefficient (Wildman–Crippen LogP) is 3.01. The van der Waals surface area contributed by atoms with Crippen LogP contribution < -0.4 is 9.84 Å². The van der Waals surface area contributed by atoms with Gasteiger partial charge in [0.1, 0.15) is 5.75 Å². The first-order valence-electron chi connectivity index (χ1n) is 9.38. The molecule has 1 heterocycles. The van der Waals surface area contributed by atoms with Crippen molar-refractivity contribution in [3.63, 3.8) is 0 Å². The van der Waals surface area contributed by atoms with Crippen LogP contribution in [0.3, 0.4) is 0 Å². The number of amides is 2. The van der Waals surface area contributed by atoms with Crippen LogP contribution in [-0.4, -0.2) is 53.3 Å². The van der Waals surface area contributed by atoms with Crippen LogP contribution in [0.4, 0.5) is 4.79 Å². The fourth-order valence-corrected chi connectivity index (χ4v) is 5.47. The van der Waals surface area contributed by atoms with Gasteiger partial charge in [0.15, 0.2) is 12.2 Å². The monoisotopic (exact) mass is 502 g/mol. The maximum Gasteiger partial charge on any atom is 0.286 e. The third kappa shape index (κ3) is 3.51. The number of rotatable bonds is 3. The Morgan fingerprint density at radius 1 is 1.25 bits per heavy atom. The van der Waals surface area contributed by atoms with Crippen molar-refractivity contribution in [1.82, 2.24) is 4.90 Å². The number of nitrogens with zero attached hydrogens (tertiary/aromatic N) is 2. The number of hydrogen-bond donors (Lipinski definition) is 0. The highest BCUT2D eigenvalue weighted by Gasteiger charge is 2.67. The van der Waals surface area contributed by atoms with Crippen LogP contribution in [0.25, 0.3) is 0 Å². The second kappa shape index (κ2) is 7.48. The molecule has 156 valence electrons. The van der Waals surface area contributed by atoms with Gasteiger partial charge in [-0.25, -0.2) is 4.48 Å². The van der Waals surface area contributed by atoms with Crippen molar-refractivity contribution in [2.24, 2.45) is 5.41 Å². The zero-order valence-corrected chi connectivity index (χ0v) is 20.2. The van der Waals surface area contributed by atoms with Crippen molar-refractivity contribution in [3.8, 4) is 5.75 Å². The number of halogens is 1. The van der Waals surface area contributed by atoms with E-state index in [1.165, 1.54) is 0 Å². The zero-order valence-electron chi connectivity index (χ0n) is 18.0. The van der Waals surface area contributed by atoms with E-state index in [9.17, 15) is 14.7 Å². The van der Waals surface area contributed by atoms with Crippen molar-refractivity contribution in [3.05, 3.63) is 27.3 Å². The molecule has 6 nitrogen and oxygen atoms in total. The molecule has 0 radical (unpaired) electrons. The normalized spacial score (nSPS) is 25.9. The Bertz CT molecular complexity index is 782. The summed E-state index contributed by atoms with van der Waals surface area (Å²) < 4.78 is 5.78. The lowest BCUT2D eigenvalue weighted by Gasteiger charge is -2.54. The average molecular weight is 502 g/mol. The number of likely N-dealkylation sites (N-methyl/N-ethyl adjacent to an activating group) is 1. The van der Waals surface area contributed by atoms with Crippen LogP contribution >= 0.6 is 22.6 Å². The van der Waals surface area contributed by atoms with Crippen molar-refractivity contribution >= 4 is 34.6 Å². The highest BCUT2D eigenvalue weighted by molar-refractivity contribution is 14.1. The molecule has 0 spiro atoms. The van der Waals surface area contributed by atoms with Gasteiger partial charge >= 0.3 is 0 Å². The zero-order chi connectivity index (χ0) is 21.7.